The Balaban J connectivity index is 1.83. The summed E-state index contributed by atoms with van der Waals surface area (Å²) < 4.78 is 0. The SMILES string of the molecule is CC(=O)Nc1nc2c(s1)CN(C(=O)c1cc([N+](=O)[O-])ccc1Cl)CC2. The van der Waals surface area contributed by atoms with E-state index in [-0.39, 0.29) is 28.1 Å². The number of non-ortho nitro benzene ring substituents is 1. The Labute approximate surface area is 151 Å². The fourth-order valence-electron chi connectivity index (χ4n) is 2.53. The molecule has 0 bridgehead atoms. The van der Waals surface area contributed by atoms with Crippen molar-refractivity contribution in [2.45, 2.75) is 19.9 Å². The molecule has 130 valence electrons. The molecule has 25 heavy (non-hydrogen) atoms. The topological polar surface area (TPSA) is 105 Å². The van der Waals surface area contributed by atoms with Gasteiger partial charge in [0.25, 0.3) is 11.6 Å². The molecule has 0 aliphatic carbocycles. The molecule has 0 saturated heterocycles. The van der Waals surface area contributed by atoms with Gasteiger partial charge in [0, 0.05) is 36.9 Å². The lowest BCUT2D eigenvalue weighted by Crippen LogP contribution is -2.35. The van der Waals surface area contributed by atoms with Crippen LogP contribution in [0.1, 0.15) is 27.9 Å². The van der Waals surface area contributed by atoms with Gasteiger partial charge in [0.05, 0.1) is 27.7 Å². The first-order valence-corrected chi connectivity index (χ1v) is 8.54. The second-order valence-electron chi connectivity index (χ2n) is 5.47. The highest BCUT2D eigenvalue weighted by Crippen LogP contribution is 2.30. The minimum absolute atomic E-state index is 0.103. The number of nitro groups is 1. The zero-order chi connectivity index (χ0) is 18.1. The lowest BCUT2D eigenvalue weighted by molar-refractivity contribution is -0.384. The number of thiazole rings is 1. The normalized spacial score (nSPS) is 13.3. The van der Waals surface area contributed by atoms with Crippen LogP contribution in [0.5, 0.6) is 0 Å². The van der Waals surface area contributed by atoms with E-state index in [1.807, 2.05) is 0 Å². The van der Waals surface area contributed by atoms with Gasteiger partial charge in [-0.3, -0.25) is 19.7 Å². The lowest BCUT2D eigenvalue weighted by Gasteiger charge is -2.26. The summed E-state index contributed by atoms with van der Waals surface area (Å²) in [7, 11) is 0. The van der Waals surface area contributed by atoms with Crippen molar-refractivity contribution in [2.75, 3.05) is 11.9 Å². The minimum atomic E-state index is -0.565. The summed E-state index contributed by atoms with van der Waals surface area (Å²) in [6.45, 7) is 2.15. The van der Waals surface area contributed by atoms with Crippen molar-refractivity contribution in [1.29, 1.82) is 0 Å². The summed E-state index contributed by atoms with van der Waals surface area (Å²) in [6.07, 6.45) is 0.545. The second-order valence-corrected chi connectivity index (χ2v) is 6.96. The van der Waals surface area contributed by atoms with Crippen LogP contribution < -0.4 is 5.32 Å². The smallest absolute Gasteiger partial charge is 0.270 e. The summed E-state index contributed by atoms with van der Waals surface area (Å²) in [4.78, 5) is 41.0. The summed E-state index contributed by atoms with van der Waals surface area (Å²) in [5.74, 6) is -0.573. The minimum Gasteiger partial charge on any atom is -0.333 e. The number of nitro benzene ring substituents is 1. The average molecular weight is 381 g/mol. The first-order chi connectivity index (χ1) is 11.8. The molecule has 0 radical (unpaired) electrons. The molecule has 1 aromatic carbocycles. The van der Waals surface area contributed by atoms with Crippen molar-refractivity contribution in [3.63, 3.8) is 0 Å². The van der Waals surface area contributed by atoms with E-state index in [9.17, 15) is 19.7 Å². The van der Waals surface area contributed by atoms with Gasteiger partial charge in [-0.25, -0.2) is 4.98 Å². The van der Waals surface area contributed by atoms with Crippen molar-refractivity contribution >= 4 is 45.6 Å². The number of aromatic nitrogens is 1. The number of nitrogens with one attached hydrogen (secondary N) is 1. The van der Waals surface area contributed by atoms with Gasteiger partial charge in [-0.05, 0) is 6.07 Å². The molecule has 10 heteroatoms. The maximum Gasteiger partial charge on any atom is 0.270 e. The number of nitrogens with zero attached hydrogens (tertiary/aromatic N) is 3. The molecule has 1 aliphatic rings. The third-order valence-corrected chi connectivity index (χ3v) is 5.02. The fourth-order valence-corrected chi connectivity index (χ4v) is 3.80. The van der Waals surface area contributed by atoms with E-state index in [1.54, 1.807) is 4.90 Å². The Morgan fingerprint density at radius 2 is 2.20 bits per heavy atom. The van der Waals surface area contributed by atoms with Gasteiger partial charge in [-0.2, -0.15) is 0 Å². The third kappa shape index (κ3) is 3.62. The van der Waals surface area contributed by atoms with Crippen LogP contribution in [0.3, 0.4) is 0 Å². The van der Waals surface area contributed by atoms with E-state index in [1.165, 1.54) is 36.5 Å². The Kier molecular flexibility index (Phi) is 4.69. The summed E-state index contributed by atoms with van der Waals surface area (Å²) >= 11 is 7.36. The molecule has 2 aromatic rings. The van der Waals surface area contributed by atoms with Gasteiger partial charge in [0.15, 0.2) is 5.13 Å². The quantitative estimate of drug-likeness (QED) is 0.651. The van der Waals surface area contributed by atoms with E-state index >= 15 is 0 Å². The van der Waals surface area contributed by atoms with E-state index < -0.39 is 4.92 Å². The number of benzene rings is 1. The van der Waals surface area contributed by atoms with Crippen molar-refractivity contribution in [3.8, 4) is 0 Å². The maximum absolute atomic E-state index is 12.7. The Morgan fingerprint density at radius 3 is 2.88 bits per heavy atom. The number of hydrogen-bond acceptors (Lipinski definition) is 6. The Hall–Kier alpha value is -2.52. The molecular weight excluding hydrogens is 368 g/mol. The highest BCUT2D eigenvalue weighted by atomic mass is 35.5. The van der Waals surface area contributed by atoms with Gasteiger partial charge in [-0.1, -0.05) is 22.9 Å². The third-order valence-electron chi connectivity index (χ3n) is 3.69. The van der Waals surface area contributed by atoms with Crippen LogP contribution in [0.4, 0.5) is 10.8 Å². The molecule has 0 saturated carbocycles. The molecule has 0 fully saturated rings. The second kappa shape index (κ2) is 6.77. The zero-order valence-electron chi connectivity index (χ0n) is 13.1. The number of hydrogen-bond donors (Lipinski definition) is 1. The lowest BCUT2D eigenvalue weighted by atomic mass is 10.1. The predicted octanol–water partition coefficient (Wildman–Crippen LogP) is 2.86. The van der Waals surface area contributed by atoms with Crippen LogP contribution in [0.2, 0.25) is 5.02 Å². The van der Waals surface area contributed by atoms with Crippen molar-refractivity contribution < 1.29 is 14.5 Å². The molecule has 3 rings (SSSR count). The molecule has 0 atom stereocenters. The molecule has 0 unspecified atom stereocenters. The number of halogens is 1. The van der Waals surface area contributed by atoms with Gasteiger partial charge < -0.3 is 10.2 Å². The summed E-state index contributed by atoms with van der Waals surface area (Å²) in [5, 5.41) is 14.2. The average Bonchev–Trinajstić information content (AvgIpc) is 2.94. The van der Waals surface area contributed by atoms with Crippen LogP contribution in [0, 0.1) is 10.1 Å². The van der Waals surface area contributed by atoms with Crippen molar-refractivity contribution in [3.05, 3.63) is 49.5 Å². The largest absolute Gasteiger partial charge is 0.333 e. The number of rotatable bonds is 3. The van der Waals surface area contributed by atoms with Gasteiger partial charge in [0.1, 0.15) is 0 Å². The fraction of sp³-hybridized carbons (Fsp3) is 0.267. The molecule has 1 aromatic heterocycles. The molecule has 2 heterocycles. The molecule has 8 nitrogen and oxygen atoms in total. The van der Waals surface area contributed by atoms with Crippen LogP contribution in [-0.4, -0.2) is 33.2 Å². The van der Waals surface area contributed by atoms with Crippen LogP contribution >= 0.6 is 22.9 Å². The van der Waals surface area contributed by atoms with Crippen LogP contribution in [0.25, 0.3) is 0 Å². The summed E-state index contributed by atoms with van der Waals surface area (Å²) in [6, 6.07) is 3.80. The Morgan fingerprint density at radius 1 is 1.44 bits per heavy atom. The number of anilines is 1. The zero-order valence-corrected chi connectivity index (χ0v) is 14.7. The van der Waals surface area contributed by atoms with E-state index in [0.717, 1.165) is 10.6 Å². The van der Waals surface area contributed by atoms with Gasteiger partial charge >= 0.3 is 0 Å². The highest BCUT2D eigenvalue weighted by Gasteiger charge is 2.27. The van der Waals surface area contributed by atoms with E-state index in [2.05, 4.69) is 10.3 Å². The van der Waals surface area contributed by atoms with Crippen molar-refractivity contribution in [1.82, 2.24) is 9.88 Å². The number of amides is 2. The van der Waals surface area contributed by atoms with E-state index in [4.69, 9.17) is 11.6 Å². The first-order valence-electron chi connectivity index (χ1n) is 7.34. The van der Waals surface area contributed by atoms with Gasteiger partial charge in [-0.15, -0.1) is 0 Å². The maximum atomic E-state index is 12.7. The van der Waals surface area contributed by atoms with Crippen molar-refractivity contribution in [2.24, 2.45) is 0 Å². The molecule has 2 amide bonds. The molecular formula is C15H13ClN4O4S. The molecule has 1 N–H and O–H groups in total. The molecule has 1 aliphatic heterocycles. The number of fused-ring (bicyclic) bond motifs is 1. The summed E-state index contributed by atoms with van der Waals surface area (Å²) in [5.41, 5.74) is 0.769. The standard InChI is InChI=1S/C15H13ClN4O4S/c1-8(21)17-15-18-12-4-5-19(7-13(12)25-15)14(22)10-6-9(20(23)24)2-3-11(10)16/h2-3,6H,4-5,7H2,1H3,(H,17,18,21). The Bertz CT molecular complexity index is 882. The first kappa shape index (κ1) is 17.3. The highest BCUT2D eigenvalue weighted by molar-refractivity contribution is 7.15. The van der Waals surface area contributed by atoms with Gasteiger partial charge in [0.2, 0.25) is 5.91 Å². The predicted molar refractivity (Wildman–Crippen MR) is 93.0 cm³/mol. The number of carbonyl (C=O) groups excluding carboxylic acids is 2. The van der Waals surface area contributed by atoms with Crippen LogP contribution in [-0.2, 0) is 17.8 Å². The monoisotopic (exact) mass is 380 g/mol. The van der Waals surface area contributed by atoms with E-state index in [0.29, 0.717) is 24.6 Å². The number of carbonyl (C=O) groups is 2. The molecule has 0 spiro atoms. The van der Waals surface area contributed by atoms with Crippen LogP contribution in [0.15, 0.2) is 18.2 Å².